The van der Waals surface area contributed by atoms with Gasteiger partial charge in [-0.25, -0.2) is 13.1 Å². The molecule has 1 aromatic rings. The van der Waals surface area contributed by atoms with Crippen LogP contribution in [0.2, 0.25) is 0 Å². The van der Waals surface area contributed by atoms with Crippen molar-refractivity contribution >= 4 is 41.9 Å². The first-order valence-electron chi connectivity index (χ1n) is 5.40. The third kappa shape index (κ3) is 3.77. The number of aryl methyl sites for hydroxylation is 1. The quantitative estimate of drug-likeness (QED) is 0.798. The topological polar surface area (TPSA) is 66.4 Å². The number of hydrogen-bond acceptors (Lipinski definition) is 3. The predicted molar refractivity (Wildman–Crippen MR) is 78.1 cm³/mol. The molecule has 0 unspecified atom stereocenters. The van der Waals surface area contributed by atoms with Gasteiger partial charge in [0, 0.05) is 15.0 Å². The molecule has 0 aliphatic carbocycles. The van der Waals surface area contributed by atoms with Gasteiger partial charge in [-0.2, -0.15) is 0 Å². The summed E-state index contributed by atoms with van der Waals surface area (Å²) in [5, 5.41) is 9.06. The fraction of sp³-hybridized carbons (Fsp3) is 0.455. The molecule has 1 atom stereocenters. The molecule has 0 saturated heterocycles. The number of halogens is 2. The van der Waals surface area contributed by atoms with E-state index in [9.17, 15) is 8.42 Å². The number of benzene rings is 1. The molecular formula is C11H15Br2NO3S. The van der Waals surface area contributed by atoms with Crippen molar-refractivity contribution in [3.63, 3.8) is 0 Å². The second-order valence-corrected chi connectivity index (χ2v) is 7.33. The maximum atomic E-state index is 12.2. The van der Waals surface area contributed by atoms with E-state index in [-0.39, 0.29) is 11.5 Å². The summed E-state index contributed by atoms with van der Waals surface area (Å²) in [7, 11) is -3.63. The van der Waals surface area contributed by atoms with E-state index in [1.807, 2.05) is 13.8 Å². The maximum absolute atomic E-state index is 12.2. The predicted octanol–water partition coefficient (Wildman–Crippen LogP) is 2.57. The molecule has 0 saturated carbocycles. The molecule has 0 bridgehead atoms. The van der Waals surface area contributed by atoms with Gasteiger partial charge in [0.2, 0.25) is 10.0 Å². The van der Waals surface area contributed by atoms with E-state index < -0.39 is 16.1 Å². The van der Waals surface area contributed by atoms with Crippen LogP contribution in [0.1, 0.15) is 18.9 Å². The van der Waals surface area contributed by atoms with Crippen molar-refractivity contribution in [3.8, 4) is 0 Å². The van der Waals surface area contributed by atoms with Gasteiger partial charge < -0.3 is 5.11 Å². The van der Waals surface area contributed by atoms with Gasteiger partial charge in [-0.05, 0) is 47.0 Å². The van der Waals surface area contributed by atoms with Crippen molar-refractivity contribution in [2.45, 2.75) is 31.2 Å². The average Bonchev–Trinajstić information content (AvgIpc) is 2.30. The highest BCUT2D eigenvalue weighted by Crippen LogP contribution is 2.28. The van der Waals surface area contributed by atoms with Gasteiger partial charge in [-0.3, -0.25) is 0 Å². The Labute approximate surface area is 124 Å². The summed E-state index contributed by atoms with van der Waals surface area (Å²) in [5.74, 6) is 0. The van der Waals surface area contributed by atoms with E-state index in [0.717, 1.165) is 10.0 Å². The van der Waals surface area contributed by atoms with Gasteiger partial charge in [-0.1, -0.05) is 22.9 Å². The van der Waals surface area contributed by atoms with Crippen LogP contribution in [0.5, 0.6) is 0 Å². The molecular weight excluding hydrogens is 386 g/mol. The molecule has 0 aromatic heterocycles. The minimum Gasteiger partial charge on any atom is -0.395 e. The third-order valence-electron chi connectivity index (χ3n) is 2.54. The number of rotatable bonds is 5. The molecule has 0 radical (unpaired) electrons. The Kier molecular flexibility index (Phi) is 5.79. The van der Waals surface area contributed by atoms with Crippen molar-refractivity contribution in [1.29, 1.82) is 0 Å². The second-order valence-electron chi connectivity index (χ2n) is 3.94. The SMILES string of the molecule is CC[C@H](CO)NS(=O)(=O)c1cc(C)c(Br)cc1Br. The zero-order chi connectivity index (χ0) is 13.9. The Morgan fingerprint density at radius 2 is 1.94 bits per heavy atom. The van der Waals surface area contributed by atoms with Gasteiger partial charge in [0.1, 0.15) is 0 Å². The van der Waals surface area contributed by atoms with Gasteiger partial charge in [0.25, 0.3) is 0 Å². The van der Waals surface area contributed by atoms with Crippen LogP contribution in [0.15, 0.2) is 26.0 Å². The Balaban J connectivity index is 3.16. The number of sulfonamides is 1. The molecule has 1 rings (SSSR count). The summed E-state index contributed by atoms with van der Waals surface area (Å²) in [6.07, 6.45) is 0.531. The van der Waals surface area contributed by atoms with Crippen LogP contribution in [-0.4, -0.2) is 26.2 Å². The normalized spacial score (nSPS) is 13.6. The van der Waals surface area contributed by atoms with Crippen LogP contribution in [0.3, 0.4) is 0 Å². The first-order chi connectivity index (χ1) is 8.31. The molecule has 4 nitrogen and oxygen atoms in total. The zero-order valence-electron chi connectivity index (χ0n) is 10.1. The summed E-state index contributed by atoms with van der Waals surface area (Å²) in [4.78, 5) is 0.176. The minimum atomic E-state index is -3.63. The number of hydrogen-bond donors (Lipinski definition) is 2. The van der Waals surface area contributed by atoms with Crippen LogP contribution < -0.4 is 4.72 Å². The third-order valence-corrected chi connectivity index (χ3v) is 5.87. The molecule has 1 aromatic carbocycles. The smallest absolute Gasteiger partial charge is 0.242 e. The van der Waals surface area contributed by atoms with E-state index in [4.69, 9.17) is 5.11 Å². The number of nitrogens with one attached hydrogen (secondary N) is 1. The molecule has 2 N–H and O–H groups in total. The van der Waals surface area contributed by atoms with E-state index in [1.54, 1.807) is 12.1 Å². The lowest BCUT2D eigenvalue weighted by atomic mass is 10.2. The molecule has 0 spiro atoms. The zero-order valence-corrected chi connectivity index (χ0v) is 14.1. The molecule has 0 aliphatic heterocycles. The standard InChI is InChI=1S/C11H15Br2NO3S/c1-3-8(6-15)14-18(16,17)11-4-7(2)9(12)5-10(11)13/h4-5,8,14-15H,3,6H2,1-2H3/t8-/m1/s1. The molecule has 0 aliphatic rings. The Morgan fingerprint density at radius 3 is 2.44 bits per heavy atom. The maximum Gasteiger partial charge on any atom is 0.242 e. The molecule has 0 fully saturated rings. The first-order valence-corrected chi connectivity index (χ1v) is 8.47. The average molecular weight is 401 g/mol. The van der Waals surface area contributed by atoms with E-state index in [2.05, 4.69) is 36.6 Å². The highest BCUT2D eigenvalue weighted by Gasteiger charge is 2.22. The van der Waals surface area contributed by atoms with Gasteiger partial charge in [0.05, 0.1) is 11.5 Å². The minimum absolute atomic E-state index is 0.176. The molecule has 0 amide bonds. The lowest BCUT2D eigenvalue weighted by Gasteiger charge is -2.16. The lowest BCUT2D eigenvalue weighted by Crippen LogP contribution is -2.37. The van der Waals surface area contributed by atoms with Crippen LogP contribution in [-0.2, 0) is 10.0 Å². The first kappa shape index (κ1) is 16.1. The summed E-state index contributed by atoms with van der Waals surface area (Å²) < 4.78 is 28.1. The number of aliphatic hydroxyl groups is 1. The van der Waals surface area contributed by atoms with E-state index in [1.165, 1.54) is 0 Å². The number of aliphatic hydroxyl groups excluding tert-OH is 1. The largest absolute Gasteiger partial charge is 0.395 e. The Bertz CT molecular complexity index is 527. The highest BCUT2D eigenvalue weighted by atomic mass is 79.9. The summed E-state index contributed by atoms with van der Waals surface area (Å²) in [6, 6.07) is 2.82. The molecule has 18 heavy (non-hydrogen) atoms. The van der Waals surface area contributed by atoms with Gasteiger partial charge in [0.15, 0.2) is 0 Å². The summed E-state index contributed by atoms with van der Waals surface area (Å²) in [5.41, 5.74) is 0.829. The summed E-state index contributed by atoms with van der Waals surface area (Å²) in [6.45, 7) is 3.41. The van der Waals surface area contributed by atoms with Crippen LogP contribution in [0, 0.1) is 6.92 Å². The van der Waals surface area contributed by atoms with Crippen LogP contribution in [0.4, 0.5) is 0 Å². The molecule has 0 heterocycles. The van der Waals surface area contributed by atoms with E-state index in [0.29, 0.717) is 10.9 Å². The lowest BCUT2D eigenvalue weighted by molar-refractivity contribution is 0.254. The van der Waals surface area contributed by atoms with Crippen molar-refractivity contribution in [2.75, 3.05) is 6.61 Å². The fourth-order valence-corrected chi connectivity index (χ4v) is 4.46. The van der Waals surface area contributed by atoms with Crippen LogP contribution >= 0.6 is 31.9 Å². The molecule has 7 heteroatoms. The summed E-state index contributed by atoms with van der Waals surface area (Å²) >= 11 is 6.58. The van der Waals surface area contributed by atoms with Crippen molar-refractivity contribution in [2.24, 2.45) is 0 Å². The van der Waals surface area contributed by atoms with Crippen molar-refractivity contribution in [3.05, 3.63) is 26.6 Å². The van der Waals surface area contributed by atoms with Crippen molar-refractivity contribution in [1.82, 2.24) is 4.72 Å². The fourth-order valence-electron chi connectivity index (χ4n) is 1.37. The van der Waals surface area contributed by atoms with Gasteiger partial charge >= 0.3 is 0 Å². The van der Waals surface area contributed by atoms with E-state index >= 15 is 0 Å². The van der Waals surface area contributed by atoms with Gasteiger partial charge in [-0.15, -0.1) is 0 Å². The monoisotopic (exact) mass is 399 g/mol. The second kappa shape index (κ2) is 6.47. The van der Waals surface area contributed by atoms with Crippen molar-refractivity contribution < 1.29 is 13.5 Å². The Morgan fingerprint density at radius 1 is 1.33 bits per heavy atom. The molecule has 102 valence electrons. The highest BCUT2D eigenvalue weighted by molar-refractivity contribution is 9.11. The Hall–Kier alpha value is 0.0500. The van der Waals surface area contributed by atoms with Crippen LogP contribution in [0.25, 0.3) is 0 Å².